The van der Waals surface area contributed by atoms with E-state index in [9.17, 15) is 0 Å². The van der Waals surface area contributed by atoms with E-state index in [1.807, 2.05) is 0 Å². The number of nitrogens with one attached hydrogen (secondary N) is 1. The molecule has 54 valence electrons. The molecule has 10 heavy (non-hydrogen) atoms. The third-order valence-electron chi connectivity index (χ3n) is 2.18. The van der Waals surface area contributed by atoms with Gasteiger partial charge in [0.1, 0.15) is 0 Å². The summed E-state index contributed by atoms with van der Waals surface area (Å²) < 4.78 is 4.21. The predicted octanol–water partition coefficient (Wildman–Crippen LogP) is 1.31. The summed E-state index contributed by atoms with van der Waals surface area (Å²) in [6.07, 6.45) is 3.51. The van der Waals surface area contributed by atoms with Crippen molar-refractivity contribution < 1.29 is 0 Å². The molecule has 1 rings (SSSR count). The van der Waals surface area contributed by atoms with E-state index < -0.39 is 21.4 Å². The average molecular weight is 240 g/mol. The fraction of sp³-hybridized carbons (Fsp3) is 0.571. The first-order chi connectivity index (χ1) is 4.72. The van der Waals surface area contributed by atoms with Gasteiger partial charge < -0.3 is 0 Å². The molecule has 0 saturated carbocycles. The molecule has 0 bridgehead atoms. The van der Waals surface area contributed by atoms with E-state index in [0.717, 1.165) is 0 Å². The van der Waals surface area contributed by atoms with Gasteiger partial charge >= 0.3 is 69.5 Å². The third-order valence-corrected chi connectivity index (χ3v) is 11.9. The Morgan fingerprint density at radius 2 is 2.50 bits per heavy atom. The summed E-state index contributed by atoms with van der Waals surface area (Å²) in [5.74, 6) is 0.410. The molecule has 1 aliphatic rings. The topological polar surface area (TPSA) is 49.9 Å². The molecule has 3 heteroatoms. The van der Waals surface area contributed by atoms with Crippen LogP contribution in [0.5, 0.6) is 0 Å². The second kappa shape index (κ2) is 3.47. The molecule has 0 saturated heterocycles. The molecule has 1 atom stereocenters. The standard InChI is InChI=1S/C4H6.C3H7N2.In/c1-3-4-2;1-2-3(4)5;/h1,3H,2,4H2;2H,1H3,(H3,4,5);. The summed E-state index contributed by atoms with van der Waals surface area (Å²) in [4.78, 5) is 0. The number of allylic oxidation sites excluding steroid dienone is 1. The Labute approximate surface area is 69.5 Å². The van der Waals surface area contributed by atoms with Crippen molar-refractivity contribution in [2.75, 3.05) is 0 Å². The molecular formula is C7H13InN2. The van der Waals surface area contributed by atoms with Gasteiger partial charge in [-0.3, -0.25) is 0 Å². The summed E-state index contributed by atoms with van der Waals surface area (Å²) in [5.41, 5.74) is 5.42. The monoisotopic (exact) mass is 240 g/mol. The van der Waals surface area contributed by atoms with Crippen LogP contribution in [0.15, 0.2) is 9.91 Å². The Morgan fingerprint density at radius 3 is 2.90 bits per heavy atom. The van der Waals surface area contributed by atoms with Crippen molar-refractivity contribution in [3.63, 3.8) is 0 Å². The van der Waals surface area contributed by atoms with Crippen molar-refractivity contribution in [2.24, 2.45) is 5.73 Å². The normalized spacial score (nSPS) is 19.5. The van der Waals surface area contributed by atoms with E-state index in [1.54, 1.807) is 0 Å². The molecular weight excluding hydrogens is 227 g/mol. The van der Waals surface area contributed by atoms with Gasteiger partial charge in [-0.25, -0.2) is 0 Å². The average Bonchev–Trinajstić information content (AvgIpc) is 2.36. The Balaban J connectivity index is 2.48. The van der Waals surface area contributed by atoms with Crippen molar-refractivity contribution in [1.82, 2.24) is 0 Å². The zero-order chi connectivity index (χ0) is 7.56. The van der Waals surface area contributed by atoms with Gasteiger partial charge in [-0.1, -0.05) is 0 Å². The van der Waals surface area contributed by atoms with E-state index in [0.29, 0.717) is 9.51 Å². The Hall–Kier alpha value is 0.0801. The minimum absolute atomic E-state index is 0.410. The molecule has 0 radical (unpaired) electrons. The third kappa shape index (κ3) is 1.78. The van der Waals surface area contributed by atoms with Crippen molar-refractivity contribution in [3.8, 4) is 0 Å². The molecule has 0 fully saturated rings. The molecule has 1 unspecified atom stereocenters. The second-order valence-electron chi connectivity index (χ2n) is 2.91. The Kier molecular flexibility index (Phi) is 2.83. The van der Waals surface area contributed by atoms with Gasteiger partial charge in [0.05, 0.1) is 0 Å². The van der Waals surface area contributed by atoms with Gasteiger partial charge in [-0.05, 0) is 0 Å². The molecule has 0 spiro atoms. The fourth-order valence-corrected chi connectivity index (χ4v) is 8.74. The number of rotatable bonds is 2. The molecule has 0 amide bonds. The van der Waals surface area contributed by atoms with Crippen LogP contribution in [0.2, 0.25) is 7.85 Å². The van der Waals surface area contributed by atoms with Crippen LogP contribution < -0.4 is 5.73 Å². The molecule has 3 N–H and O–H groups in total. The predicted molar refractivity (Wildman–Crippen MR) is 45.7 cm³/mol. The zero-order valence-electron chi connectivity index (χ0n) is 6.30. The first-order valence-electron chi connectivity index (χ1n) is 3.72. The SMILES string of the molecule is C[CH](C(=N)N)[In]1[CH]=CC[CH2]1. The van der Waals surface area contributed by atoms with Gasteiger partial charge in [0, 0.05) is 0 Å². The quantitative estimate of drug-likeness (QED) is 0.554. The van der Waals surface area contributed by atoms with Crippen molar-refractivity contribution in [3.05, 3.63) is 9.91 Å². The van der Waals surface area contributed by atoms with Crippen LogP contribution in [-0.4, -0.2) is 27.3 Å². The second-order valence-corrected chi connectivity index (χ2v) is 12.3. The van der Waals surface area contributed by atoms with Gasteiger partial charge in [-0.15, -0.1) is 0 Å². The van der Waals surface area contributed by atoms with E-state index in [1.165, 1.54) is 10.6 Å². The molecule has 1 aliphatic heterocycles. The molecule has 0 aromatic carbocycles. The van der Waals surface area contributed by atoms with Crippen molar-refractivity contribution >= 4 is 27.3 Å². The Morgan fingerprint density at radius 1 is 1.80 bits per heavy atom. The van der Waals surface area contributed by atoms with E-state index in [-0.39, 0.29) is 0 Å². The summed E-state index contributed by atoms with van der Waals surface area (Å²) in [6.45, 7) is 2.11. The first kappa shape index (κ1) is 8.18. The number of nitrogens with two attached hydrogens (primary N) is 1. The summed E-state index contributed by atoms with van der Waals surface area (Å²) in [6, 6.07) is 0. The van der Waals surface area contributed by atoms with E-state index in [4.69, 9.17) is 11.1 Å². The van der Waals surface area contributed by atoms with Crippen molar-refractivity contribution in [2.45, 2.75) is 21.2 Å². The fourth-order valence-electron chi connectivity index (χ4n) is 1.30. The maximum atomic E-state index is 7.26. The van der Waals surface area contributed by atoms with Crippen LogP contribution in [-0.2, 0) is 0 Å². The number of hydrogen-bond donors (Lipinski definition) is 2. The van der Waals surface area contributed by atoms with Gasteiger partial charge in [-0.2, -0.15) is 0 Å². The van der Waals surface area contributed by atoms with E-state index >= 15 is 0 Å². The molecule has 0 aromatic heterocycles. The van der Waals surface area contributed by atoms with Crippen LogP contribution in [0, 0.1) is 5.41 Å². The van der Waals surface area contributed by atoms with Gasteiger partial charge in [0.2, 0.25) is 0 Å². The molecule has 2 nitrogen and oxygen atoms in total. The summed E-state index contributed by atoms with van der Waals surface area (Å²) >= 11 is -1.42. The van der Waals surface area contributed by atoms with Crippen LogP contribution in [0.4, 0.5) is 0 Å². The molecule has 0 aliphatic carbocycles. The molecule has 0 aromatic rings. The summed E-state index contributed by atoms with van der Waals surface area (Å²) in [5, 5.41) is 7.26. The number of hydrogen-bond acceptors (Lipinski definition) is 1. The maximum absolute atomic E-state index is 7.26. The summed E-state index contributed by atoms with van der Waals surface area (Å²) in [7, 11) is 0. The number of amidine groups is 1. The Bertz CT molecular complexity index is 165. The van der Waals surface area contributed by atoms with Gasteiger partial charge in [0.25, 0.3) is 0 Å². The van der Waals surface area contributed by atoms with Gasteiger partial charge in [0.15, 0.2) is 0 Å². The molecule has 1 heterocycles. The minimum atomic E-state index is -1.42. The van der Waals surface area contributed by atoms with Crippen LogP contribution in [0.25, 0.3) is 0 Å². The first-order valence-corrected chi connectivity index (χ1v) is 9.86. The van der Waals surface area contributed by atoms with Crippen molar-refractivity contribution in [1.29, 1.82) is 5.41 Å². The zero-order valence-corrected chi connectivity index (χ0v) is 9.60. The van der Waals surface area contributed by atoms with Crippen LogP contribution in [0.1, 0.15) is 13.3 Å². The van der Waals surface area contributed by atoms with E-state index in [2.05, 4.69) is 16.8 Å². The van der Waals surface area contributed by atoms with Crippen LogP contribution in [0.3, 0.4) is 0 Å². The van der Waals surface area contributed by atoms with Crippen LogP contribution >= 0.6 is 0 Å².